The monoisotopic (exact) mass is 393 g/mol. The smallest absolute Gasteiger partial charge is 0.241 e. The van der Waals surface area contributed by atoms with Crippen LogP contribution in [0.2, 0.25) is 0 Å². The molecule has 1 aromatic carbocycles. The molecule has 1 saturated carbocycles. The number of thiazole rings is 1. The topological polar surface area (TPSA) is 88.2 Å². The summed E-state index contributed by atoms with van der Waals surface area (Å²) in [6.07, 6.45) is 1.87. The Labute approximate surface area is 158 Å². The van der Waals surface area contributed by atoms with Crippen molar-refractivity contribution in [2.24, 2.45) is 5.92 Å². The molecule has 0 unspecified atom stereocenters. The Bertz CT molecular complexity index is 893. The second-order valence-corrected chi connectivity index (χ2v) is 9.41. The van der Waals surface area contributed by atoms with Gasteiger partial charge in [0.15, 0.2) is 0 Å². The van der Waals surface area contributed by atoms with Crippen LogP contribution in [0.3, 0.4) is 0 Å². The van der Waals surface area contributed by atoms with E-state index in [0.29, 0.717) is 36.3 Å². The Kier molecular flexibility index (Phi) is 5.74. The first kappa shape index (κ1) is 19.0. The third-order valence-corrected chi connectivity index (χ3v) is 7.12. The normalized spacial score (nSPS) is 20.2. The van der Waals surface area contributed by atoms with Crippen LogP contribution in [0.15, 0.2) is 34.5 Å². The fraction of sp³-hybridized carbons (Fsp3) is 0.444. The number of aryl methyl sites for hydroxylation is 2. The molecule has 1 aromatic heterocycles. The maximum absolute atomic E-state index is 12.6. The lowest BCUT2D eigenvalue weighted by Crippen LogP contribution is -2.35. The van der Waals surface area contributed by atoms with Crippen LogP contribution in [0.5, 0.6) is 0 Å². The molecule has 0 radical (unpaired) electrons. The van der Waals surface area contributed by atoms with Crippen molar-refractivity contribution >= 4 is 27.3 Å². The molecule has 0 saturated heterocycles. The van der Waals surface area contributed by atoms with Crippen LogP contribution in [-0.4, -0.2) is 25.4 Å². The van der Waals surface area contributed by atoms with Crippen LogP contribution < -0.4 is 10.0 Å². The molecule has 1 aliphatic rings. The van der Waals surface area contributed by atoms with Gasteiger partial charge in [0, 0.05) is 17.3 Å². The second-order valence-electron chi connectivity index (χ2n) is 6.67. The molecule has 26 heavy (non-hydrogen) atoms. The molecule has 2 N–H and O–H groups in total. The SMILES string of the molecule is Cc1nc(CNC(=O)[C@@H]2CC[C@H](NS(=O)(=O)c3ccccc3C)C2)cs1. The summed E-state index contributed by atoms with van der Waals surface area (Å²) in [5.74, 6) is -0.201. The van der Waals surface area contributed by atoms with Crippen molar-refractivity contribution < 1.29 is 13.2 Å². The van der Waals surface area contributed by atoms with E-state index in [-0.39, 0.29) is 17.9 Å². The van der Waals surface area contributed by atoms with Crippen LogP contribution in [-0.2, 0) is 21.4 Å². The minimum atomic E-state index is -3.57. The van der Waals surface area contributed by atoms with Crippen molar-refractivity contribution in [3.8, 4) is 0 Å². The maximum atomic E-state index is 12.6. The number of carbonyl (C=O) groups excluding carboxylic acids is 1. The molecule has 0 aliphatic heterocycles. The van der Waals surface area contributed by atoms with Crippen molar-refractivity contribution in [1.29, 1.82) is 0 Å². The number of amides is 1. The highest BCUT2D eigenvalue weighted by molar-refractivity contribution is 7.89. The van der Waals surface area contributed by atoms with E-state index in [9.17, 15) is 13.2 Å². The molecule has 1 fully saturated rings. The molecule has 1 aliphatic carbocycles. The maximum Gasteiger partial charge on any atom is 0.241 e. The number of carbonyl (C=O) groups is 1. The lowest BCUT2D eigenvalue weighted by atomic mass is 10.1. The molecule has 0 bridgehead atoms. The van der Waals surface area contributed by atoms with Gasteiger partial charge in [-0.25, -0.2) is 18.1 Å². The van der Waals surface area contributed by atoms with Gasteiger partial charge in [0.2, 0.25) is 15.9 Å². The second kappa shape index (κ2) is 7.85. The largest absolute Gasteiger partial charge is 0.350 e. The Morgan fingerprint density at radius 1 is 1.27 bits per heavy atom. The molecule has 0 spiro atoms. The molecule has 2 aromatic rings. The summed E-state index contributed by atoms with van der Waals surface area (Å²) in [6.45, 7) is 4.12. The number of nitrogens with zero attached hydrogens (tertiary/aromatic N) is 1. The molecule has 8 heteroatoms. The van der Waals surface area contributed by atoms with Crippen molar-refractivity contribution in [1.82, 2.24) is 15.0 Å². The summed E-state index contributed by atoms with van der Waals surface area (Å²) in [6, 6.07) is 6.70. The lowest BCUT2D eigenvalue weighted by Gasteiger charge is -2.15. The number of aromatic nitrogens is 1. The van der Waals surface area contributed by atoms with Gasteiger partial charge in [-0.1, -0.05) is 18.2 Å². The average Bonchev–Trinajstić information content (AvgIpc) is 3.21. The number of benzene rings is 1. The fourth-order valence-electron chi connectivity index (χ4n) is 3.28. The van der Waals surface area contributed by atoms with Crippen LogP contribution in [0.25, 0.3) is 0 Å². The highest BCUT2D eigenvalue weighted by Gasteiger charge is 2.32. The van der Waals surface area contributed by atoms with Gasteiger partial charge in [-0.3, -0.25) is 4.79 Å². The Morgan fingerprint density at radius 3 is 2.73 bits per heavy atom. The van der Waals surface area contributed by atoms with E-state index in [4.69, 9.17) is 0 Å². The van der Waals surface area contributed by atoms with Gasteiger partial charge in [0.25, 0.3) is 0 Å². The predicted molar refractivity (Wildman–Crippen MR) is 101 cm³/mol. The Hall–Kier alpha value is -1.77. The van der Waals surface area contributed by atoms with Gasteiger partial charge in [-0.15, -0.1) is 11.3 Å². The van der Waals surface area contributed by atoms with E-state index < -0.39 is 10.0 Å². The number of rotatable bonds is 6. The summed E-state index contributed by atoms with van der Waals surface area (Å²) >= 11 is 1.55. The van der Waals surface area contributed by atoms with E-state index in [0.717, 1.165) is 10.7 Å². The quantitative estimate of drug-likeness (QED) is 0.789. The summed E-state index contributed by atoms with van der Waals surface area (Å²) in [5.41, 5.74) is 1.57. The molecule has 6 nitrogen and oxygen atoms in total. The Balaban J connectivity index is 1.55. The first-order chi connectivity index (χ1) is 12.3. The summed E-state index contributed by atoms with van der Waals surface area (Å²) in [5, 5.41) is 5.81. The third kappa shape index (κ3) is 4.49. The standard InChI is InChI=1S/C18H23N3O3S2/c1-12-5-3-4-6-17(12)26(23,24)21-15-8-7-14(9-15)18(22)19-10-16-11-25-13(2)20-16/h3-6,11,14-15,21H,7-10H2,1-2H3,(H,19,22)/t14-,15+/m1/s1. The van der Waals surface area contributed by atoms with E-state index in [1.165, 1.54) is 0 Å². The molecule has 140 valence electrons. The van der Waals surface area contributed by atoms with Crippen molar-refractivity contribution in [2.75, 3.05) is 0 Å². The number of hydrogen-bond acceptors (Lipinski definition) is 5. The van der Waals surface area contributed by atoms with Gasteiger partial charge < -0.3 is 5.32 Å². The van der Waals surface area contributed by atoms with E-state index in [1.54, 1.807) is 36.5 Å². The predicted octanol–water partition coefficient (Wildman–Crippen LogP) is 2.52. The zero-order valence-electron chi connectivity index (χ0n) is 14.9. The molecule has 1 heterocycles. The van der Waals surface area contributed by atoms with E-state index in [1.807, 2.05) is 18.4 Å². The first-order valence-electron chi connectivity index (χ1n) is 8.62. The van der Waals surface area contributed by atoms with Crippen LogP contribution in [0, 0.1) is 19.8 Å². The summed E-state index contributed by atoms with van der Waals surface area (Å²) in [7, 11) is -3.57. The summed E-state index contributed by atoms with van der Waals surface area (Å²) < 4.78 is 27.9. The third-order valence-electron chi connectivity index (χ3n) is 4.62. The van der Waals surface area contributed by atoms with Crippen molar-refractivity contribution in [3.63, 3.8) is 0 Å². The summed E-state index contributed by atoms with van der Waals surface area (Å²) in [4.78, 5) is 17.0. The van der Waals surface area contributed by atoms with Crippen LogP contribution in [0.4, 0.5) is 0 Å². The molecule has 2 atom stereocenters. The fourth-order valence-corrected chi connectivity index (χ4v) is 5.42. The van der Waals surface area contributed by atoms with E-state index >= 15 is 0 Å². The van der Waals surface area contributed by atoms with Crippen LogP contribution in [0.1, 0.15) is 35.5 Å². The van der Waals surface area contributed by atoms with Crippen LogP contribution >= 0.6 is 11.3 Å². The van der Waals surface area contributed by atoms with Crippen molar-refractivity contribution in [2.45, 2.75) is 50.6 Å². The number of sulfonamides is 1. The van der Waals surface area contributed by atoms with Gasteiger partial charge in [0.1, 0.15) is 0 Å². The molecular formula is C18H23N3O3S2. The number of nitrogens with one attached hydrogen (secondary N) is 2. The minimum Gasteiger partial charge on any atom is -0.350 e. The van der Waals surface area contributed by atoms with Gasteiger partial charge in [0.05, 0.1) is 22.1 Å². The van der Waals surface area contributed by atoms with Gasteiger partial charge >= 0.3 is 0 Å². The van der Waals surface area contributed by atoms with E-state index in [2.05, 4.69) is 15.0 Å². The number of hydrogen-bond donors (Lipinski definition) is 2. The van der Waals surface area contributed by atoms with Gasteiger partial charge in [-0.2, -0.15) is 0 Å². The highest BCUT2D eigenvalue weighted by atomic mass is 32.2. The highest BCUT2D eigenvalue weighted by Crippen LogP contribution is 2.27. The van der Waals surface area contributed by atoms with Gasteiger partial charge in [-0.05, 0) is 44.7 Å². The Morgan fingerprint density at radius 2 is 2.04 bits per heavy atom. The molecule has 3 rings (SSSR count). The minimum absolute atomic E-state index is 0.0340. The van der Waals surface area contributed by atoms with Crippen molar-refractivity contribution in [3.05, 3.63) is 45.9 Å². The average molecular weight is 394 g/mol. The lowest BCUT2D eigenvalue weighted by molar-refractivity contribution is -0.125. The molecular weight excluding hydrogens is 370 g/mol. The molecule has 1 amide bonds. The zero-order valence-corrected chi connectivity index (χ0v) is 16.5. The zero-order chi connectivity index (χ0) is 18.7. The first-order valence-corrected chi connectivity index (χ1v) is 11.0.